The number of ether oxygens (including phenoxy) is 3. The number of fused-ring (bicyclic) bond motifs is 1. The molecule has 0 radical (unpaired) electrons. The Labute approximate surface area is 174 Å². The third-order valence-corrected chi connectivity index (χ3v) is 4.75. The molecule has 0 unspecified atom stereocenters. The Bertz CT molecular complexity index is 1210. The summed E-state index contributed by atoms with van der Waals surface area (Å²) in [5.74, 6) is 2.19. The van der Waals surface area contributed by atoms with Crippen molar-refractivity contribution < 1.29 is 23.7 Å². The van der Waals surface area contributed by atoms with E-state index in [4.69, 9.17) is 23.6 Å². The van der Waals surface area contributed by atoms with E-state index in [0.717, 1.165) is 5.75 Å². The van der Waals surface area contributed by atoms with E-state index < -0.39 is 0 Å². The van der Waals surface area contributed by atoms with Gasteiger partial charge in [0, 0.05) is 5.56 Å². The fourth-order valence-electron chi connectivity index (χ4n) is 3.21. The zero-order chi connectivity index (χ0) is 21.1. The van der Waals surface area contributed by atoms with Crippen LogP contribution in [0.5, 0.6) is 23.0 Å². The van der Waals surface area contributed by atoms with Crippen LogP contribution in [-0.2, 0) is 0 Å². The van der Waals surface area contributed by atoms with E-state index in [2.05, 4.69) is 0 Å². The second-order valence-electron chi connectivity index (χ2n) is 6.50. The molecule has 4 rings (SSSR count). The van der Waals surface area contributed by atoms with Crippen molar-refractivity contribution in [1.82, 2.24) is 0 Å². The summed E-state index contributed by atoms with van der Waals surface area (Å²) in [6.07, 6.45) is 0. The Morgan fingerprint density at radius 3 is 2.23 bits per heavy atom. The first kappa shape index (κ1) is 19.4. The Hall–Kier alpha value is -3.93. The smallest absolute Gasteiger partial charge is 0.196 e. The van der Waals surface area contributed by atoms with E-state index >= 15 is 0 Å². The Morgan fingerprint density at radius 2 is 1.57 bits per heavy atom. The number of methoxy groups -OCH3 is 3. The lowest BCUT2D eigenvalue weighted by Gasteiger charge is -2.11. The summed E-state index contributed by atoms with van der Waals surface area (Å²) in [5.41, 5.74) is 2.43. The van der Waals surface area contributed by atoms with Crippen molar-refractivity contribution in [3.8, 4) is 23.0 Å². The Kier molecular flexibility index (Phi) is 5.30. The van der Waals surface area contributed by atoms with Gasteiger partial charge in [-0.1, -0.05) is 12.1 Å². The maximum Gasteiger partial charge on any atom is 0.196 e. The van der Waals surface area contributed by atoms with E-state index in [9.17, 15) is 5.11 Å². The number of hydrogen-bond donors (Lipinski definition) is 1. The molecule has 3 aromatic carbocycles. The number of aromatic hydroxyl groups is 1. The maximum atomic E-state index is 10.9. The zero-order valence-corrected chi connectivity index (χ0v) is 16.9. The molecule has 152 valence electrons. The first-order valence-corrected chi connectivity index (χ1v) is 9.30. The highest BCUT2D eigenvalue weighted by molar-refractivity contribution is 6.16. The Balaban J connectivity index is 1.92. The third kappa shape index (κ3) is 3.55. The highest BCUT2D eigenvalue weighted by Gasteiger charge is 2.21. The number of rotatable bonds is 6. The van der Waals surface area contributed by atoms with Crippen LogP contribution in [0.4, 0.5) is 5.69 Å². The van der Waals surface area contributed by atoms with Crippen LogP contribution in [0, 0.1) is 0 Å². The van der Waals surface area contributed by atoms with Crippen LogP contribution in [0.2, 0.25) is 0 Å². The summed E-state index contributed by atoms with van der Waals surface area (Å²) in [6, 6.07) is 20.0. The molecule has 0 amide bonds. The molecule has 0 saturated heterocycles. The molecule has 6 nitrogen and oxygen atoms in total. The predicted octanol–water partition coefficient (Wildman–Crippen LogP) is 5.33. The maximum absolute atomic E-state index is 10.9. The van der Waals surface area contributed by atoms with Gasteiger partial charge in [-0.25, -0.2) is 4.99 Å². The highest BCUT2D eigenvalue weighted by Crippen LogP contribution is 2.36. The van der Waals surface area contributed by atoms with Crippen LogP contribution in [0.15, 0.2) is 76.1 Å². The molecule has 1 heterocycles. The van der Waals surface area contributed by atoms with Gasteiger partial charge in [0.05, 0.1) is 32.4 Å². The number of furan rings is 1. The molecule has 0 spiro atoms. The molecule has 0 fully saturated rings. The van der Waals surface area contributed by atoms with Crippen molar-refractivity contribution in [2.75, 3.05) is 21.3 Å². The van der Waals surface area contributed by atoms with E-state index in [1.54, 1.807) is 45.6 Å². The van der Waals surface area contributed by atoms with Crippen LogP contribution in [0.25, 0.3) is 11.0 Å². The molecule has 0 bridgehead atoms. The third-order valence-electron chi connectivity index (χ3n) is 4.75. The van der Waals surface area contributed by atoms with Gasteiger partial charge in [0.1, 0.15) is 17.0 Å². The summed E-state index contributed by atoms with van der Waals surface area (Å²) in [6.45, 7) is 0. The van der Waals surface area contributed by atoms with E-state index in [1.807, 2.05) is 42.5 Å². The number of nitrogens with zero attached hydrogens (tertiary/aromatic N) is 1. The predicted molar refractivity (Wildman–Crippen MR) is 116 cm³/mol. The molecule has 1 aromatic heterocycles. The zero-order valence-electron chi connectivity index (χ0n) is 16.9. The van der Waals surface area contributed by atoms with Crippen LogP contribution >= 0.6 is 0 Å². The lowest BCUT2D eigenvalue weighted by molar-refractivity contribution is 0.355. The molecule has 1 N–H and O–H groups in total. The summed E-state index contributed by atoms with van der Waals surface area (Å²) in [7, 11) is 4.76. The summed E-state index contributed by atoms with van der Waals surface area (Å²) in [4.78, 5) is 4.77. The summed E-state index contributed by atoms with van der Waals surface area (Å²) >= 11 is 0. The van der Waals surface area contributed by atoms with E-state index in [0.29, 0.717) is 39.4 Å². The van der Waals surface area contributed by atoms with Gasteiger partial charge >= 0.3 is 0 Å². The minimum Gasteiger partial charge on any atom is -0.504 e. The number of hydrogen-bond acceptors (Lipinski definition) is 6. The second-order valence-corrected chi connectivity index (χ2v) is 6.50. The average molecular weight is 403 g/mol. The largest absolute Gasteiger partial charge is 0.504 e. The summed E-state index contributed by atoms with van der Waals surface area (Å²) < 4.78 is 22.0. The first-order chi connectivity index (χ1) is 14.6. The van der Waals surface area contributed by atoms with Crippen molar-refractivity contribution in [1.29, 1.82) is 0 Å². The molecular weight excluding hydrogens is 382 g/mol. The van der Waals surface area contributed by atoms with Crippen molar-refractivity contribution >= 4 is 22.4 Å². The molecule has 30 heavy (non-hydrogen) atoms. The van der Waals surface area contributed by atoms with Gasteiger partial charge in [-0.3, -0.25) is 0 Å². The van der Waals surface area contributed by atoms with Crippen LogP contribution < -0.4 is 14.2 Å². The van der Waals surface area contributed by atoms with Crippen molar-refractivity contribution in [2.45, 2.75) is 0 Å². The van der Waals surface area contributed by atoms with Crippen LogP contribution in [0.3, 0.4) is 0 Å². The quantitative estimate of drug-likeness (QED) is 0.440. The second kappa shape index (κ2) is 8.21. The van der Waals surface area contributed by atoms with Gasteiger partial charge in [0.2, 0.25) is 0 Å². The lowest BCUT2D eigenvalue weighted by Crippen LogP contribution is -2.03. The Morgan fingerprint density at radius 1 is 0.833 bits per heavy atom. The number of benzene rings is 3. The van der Waals surface area contributed by atoms with Gasteiger partial charge in [-0.15, -0.1) is 0 Å². The van der Waals surface area contributed by atoms with E-state index in [1.165, 1.54) is 0 Å². The lowest BCUT2D eigenvalue weighted by atomic mass is 10.1. The molecule has 0 aliphatic heterocycles. The van der Waals surface area contributed by atoms with Gasteiger partial charge in [-0.05, 0) is 54.6 Å². The highest BCUT2D eigenvalue weighted by atomic mass is 16.5. The molecule has 4 aromatic rings. The number of aliphatic imine (C=N–C) groups is 1. The number of para-hydroxylation sites is 1. The van der Waals surface area contributed by atoms with Crippen molar-refractivity contribution in [2.24, 2.45) is 4.99 Å². The van der Waals surface area contributed by atoms with Gasteiger partial charge in [0.15, 0.2) is 23.0 Å². The van der Waals surface area contributed by atoms with Gasteiger partial charge in [-0.2, -0.15) is 0 Å². The molecule has 0 saturated carbocycles. The molecule has 0 atom stereocenters. The fraction of sp³-hybridized carbons (Fsp3) is 0.125. The molecule has 6 heteroatoms. The first-order valence-electron chi connectivity index (χ1n) is 9.30. The topological polar surface area (TPSA) is 73.4 Å². The molecular formula is C24H21NO5. The normalized spacial score (nSPS) is 11.5. The van der Waals surface area contributed by atoms with Crippen LogP contribution in [0.1, 0.15) is 11.3 Å². The monoisotopic (exact) mass is 403 g/mol. The average Bonchev–Trinajstić information content (AvgIpc) is 3.13. The SMILES string of the molecule is COc1ccc(N=C(c2ccc(OC)c(OC)c2)c2oc3ccccc3c2O)cc1. The van der Waals surface area contributed by atoms with Gasteiger partial charge in [0.25, 0.3) is 0 Å². The van der Waals surface area contributed by atoms with E-state index in [-0.39, 0.29) is 11.5 Å². The fourth-order valence-corrected chi connectivity index (χ4v) is 3.21. The minimum atomic E-state index is 0.0349. The summed E-state index contributed by atoms with van der Waals surface area (Å²) in [5, 5.41) is 11.5. The van der Waals surface area contributed by atoms with Crippen molar-refractivity contribution in [3.05, 3.63) is 78.1 Å². The standard InChI is InChI=1S/C24H21NO5/c1-27-17-11-9-16(10-12-17)25-22(15-8-13-20(28-2)21(14-15)29-3)24-23(26)18-6-4-5-7-19(18)30-24/h4-14,26H,1-3H3. The minimum absolute atomic E-state index is 0.0349. The van der Waals surface area contributed by atoms with Gasteiger partial charge < -0.3 is 23.7 Å². The molecule has 0 aliphatic rings. The van der Waals surface area contributed by atoms with Crippen LogP contribution in [-0.4, -0.2) is 32.1 Å². The molecule has 0 aliphatic carbocycles. The van der Waals surface area contributed by atoms with Crippen molar-refractivity contribution in [3.63, 3.8) is 0 Å².